The number of aromatic nitrogens is 3. The van der Waals surface area contributed by atoms with Crippen LogP contribution in [0.2, 0.25) is 0 Å². The average molecular weight is 331 g/mol. The van der Waals surface area contributed by atoms with Gasteiger partial charge in [-0.3, -0.25) is 0 Å². The summed E-state index contributed by atoms with van der Waals surface area (Å²) in [6.07, 6.45) is 4.49. The van der Waals surface area contributed by atoms with Gasteiger partial charge in [-0.1, -0.05) is 5.16 Å². The molecule has 0 bridgehead atoms. The van der Waals surface area contributed by atoms with E-state index >= 15 is 0 Å². The zero-order chi connectivity index (χ0) is 16.1. The third kappa shape index (κ3) is 4.07. The van der Waals surface area contributed by atoms with Crippen LogP contribution in [0.1, 0.15) is 10.8 Å². The quantitative estimate of drug-likeness (QED) is 0.528. The molecule has 23 heavy (non-hydrogen) atoms. The van der Waals surface area contributed by atoms with Gasteiger partial charge in [-0.25, -0.2) is 14.2 Å². The molecule has 116 valence electrons. The molecule has 0 aliphatic rings. The van der Waals surface area contributed by atoms with Crippen molar-refractivity contribution in [3.8, 4) is 11.5 Å². The lowest BCUT2D eigenvalue weighted by Gasteiger charge is -1.96. The fraction of sp³-hybridized carbons (Fsp3) is 0.0667. The number of rotatable bonds is 5. The molecule has 1 aromatic carbocycles. The van der Waals surface area contributed by atoms with E-state index in [-0.39, 0.29) is 24.1 Å². The Morgan fingerprint density at radius 3 is 2.91 bits per heavy atom. The smallest absolute Gasteiger partial charge is 0.331 e. The Hall–Kier alpha value is -2.87. The number of carbonyl (C=O) groups excluding carboxylic acids is 1. The Morgan fingerprint density at radius 1 is 1.35 bits per heavy atom. The molecule has 3 rings (SSSR count). The lowest BCUT2D eigenvalue weighted by molar-refractivity contribution is -0.139. The van der Waals surface area contributed by atoms with Crippen molar-refractivity contribution in [2.24, 2.45) is 0 Å². The number of carbonyl (C=O) groups is 1. The molecule has 0 spiro atoms. The molecule has 0 unspecified atom stereocenters. The second-order valence-corrected chi connectivity index (χ2v) is 5.26. The average Bonchev–Trinajstić information content (AvgIpc) is 3.23. The predicted octanol–water partition coefficient (Wildman–Crippen LogP) is 3.09. The zero-order valence-corrected chi connectivity index (χ0v) is 12.5. The van der Waals surface area contributed by atoms with Gasteiger partial charge in [-0.2, -0.15) is 4.98 Å². The van der Waals surface area contributed by atoms with E-state index in [2.05, 4.69) is 15.1 Å². The maximum absolute atomic E-state index is 12.9. The van der Waals surface area contributed by atoms with Gasteiger partial charge in [0, 0.05) is 23.2 Å². The molecule has 0 aliphatic carbocycles. The van der Waals surface area contributed by atoms with Crippen LogP contribution >= 0.6 is 11.3 Å². The summed E-state index contributed by atoms with van der Waals surface area (Å²) >= 11 is 1.41. The highest BCUT2D eigenvalue weighted by molar-refractivity contribution is 7.10. The summed E-state index contributed by atoms with van der Waals surface area (Å²) in [5.41, 5.74) is 0.583. The standard InChI is InChI=1S/C15H10FN3O3S/c16-11-3-1-10(2-4-11)15-18-12(19-22-15)9-21-14(20)6-5-13-17-7-8-23-13/h1-8H,9H2/b6-5+. The monoisotopic (exact) mass is 331 g/mol. The fourth-order valence-electron chi connectivity index (χ4n) is 1.66. The summed E-state index contributed by atoms with van der Waals surface area (Å²) in [6, 6.07) is 5.63. The number of ether oxygens (including phenoxy) is 1. The largest absolute Gasteiger partial charge is 0.454 e. The third-order valence-electron chi connectivity index (χ3n) is 2.72. The van der Waals surface area contributed by atoms with Crippen LogP contribution in [-0.4, -0.2) is 21.1 Å². The van der Waals surface area contributed by atoms with Gasteiger partial charge in [-0.15, -0.1) is 11.3 Å². The number of halogens is 1. The Bertz CT molecular complexity index is 813. The number of esters is 1. The second-order valence-electron chi connectivity index (χ2n) is 4.33. The topological polar surface area (TPSA) is 78.1 Å². The molecule has 2 aromatic heterocycles. The molecule has 0 N–H and O–H groups in total. The maximum atomic E-state index is 12.9. The molecule has 0 saturated carbocycles. The van der Waals surface area contributed by atoms with E-state index in [4.69, 9.17) is 9.26 Å². The lowest BCUT2D eigenvalue weighted by Crippen LogP contribution is -2.01. The van der Waals surface area contributed by atoms with E-state index in [9.17, 15) is 9.18 Å². The molecular weight excluding hydrogens is 321 g/mol. The van der Waals surface area contributed by atoms with Crippen molar-refractivity contribution in [1.82, 2.24) is 15.1 Å². The van der Waals surface area contributed by atoms with E-state index in [1.54, 1.807) is 17.7 Å². The highest BCUT2D eigenvalue weighted by Crippen LogP contribution is 2.17. The summed E-state index contributed by atoms with van der Waals surface area (Å²) in [5.74, 6) is -0.433. The van der Waals surface area contributed by atoms with Crippen molar-refractivity contribution in [3.63, 3.8) is 0 Å². The normalized spacial score (nSPS) is 11.0. The predicted molar refractivity (Wildman–Crippen MR) is 80.6 cm³/mol. The molecular formula is C15H10FN3O3S. The SMILES string of the molecule is O=C(/C=C/c1nccs1)OCc1noc(-c2ccc(F)cc2)n1. The van der Waals surface area contributed by atoms with Crippen molar-refractivity contribution < 1.29 is 18.4 Å². The van der Waals surface area contributed by atoms with Gasteiger partial charge < -0.3 is 9.26 Å². The van der Waals surface area contributed by atoms with E-state index in [1.165, 1.54) is 41.7 Å². The molecule has 0 radical (unpaired) electrons. The van der Waals surface area contributed by atoms with Crippen LogP contribution in [0.3, 0.4) is 0 Å². The lowest BCUT2D eigenvalue weighted by atomic mass is 10.2. The van der Waals surface area contributed by atoms with E-state index in [0.717, 1.165) is 0 Å². The Labute approximate surface area is 134 Å². The zero-order valence-electron chi connectivity index (χ0n) is 11.7. The number of hydrogen-bond donors (Lipinski definition) is 0. The molecule has 0 aliphatic heterocycles. The molecule has 8 heteroatoms. The fourth-order valence-corrected chi connectivity index (χ4v) is 2.19. The molecule has 6 nitrogen and oxygen atoms in total. The molecule has 0 fully saturated rings. The van der Waals surface area contributed by atoms with Crippen LogP contribution in [0.15, 0.2) is 46.4 Å². The maximum Gasteiger partial charge on any atom is 0.331 e. The van der Waals surface area contributed by atoms with E-state index < -0.39 is 5.97 Å². The van der Waals surface area contributed by atoms with Gasteiger partial charge >= 0.3 is 5.97 Å². The van der Waals surface area contributed by atoms with Crippen LogP contribution in [0.4, 0.5) is 4.39 Å². The molecule has 0 amide bonds. The molecule has 0 atom stereocenters. The Balaban J connectivity index is 1.57. The minimum Gasteiger partial charge on any atom is -0.454 e. The van der Waals surface area contributed by atoms with Crippen LogP contribution in [-0.2, 0) is 16.1 Å². The highest BCUT2D eigenvalue weighted by Gasteiger charge is 2.10. The Morgan fingerprint density at radius 2 is 2.17 bits per heavy atom. The van der Waals surface area contributed by atoms with Crippen LogP contribution in [0, 0.1) is 5.82 Å². The van der Waals surface area contributed by atoms with E-state index in [0.29, 0.717) is 10.6 Å². The second kappa shape index (κ2) is 6.93. The van der Waals surface area contributed by atoms with Crippen molar-refractivity contribution in [3.05, 3.63) is 58.6 Å². The highest BCUT2D eigenvalue weighted by atomic mass is 32.1. The van der Waals surface area contributed by atoms with Crippen LogP contribution in [0.25, 0.3) is 17.5 Å². The number of hydrogen-bond acceptors (Lipinski definition) is 7. The first-order valence-corrected chi connectivity index (χ1v) is 7.41. The molecule has 3 aromatic rings. The number of benzene rings is 1. The number of nitrogens with zero attached hydrogens (tertiary/aromatic N) is 3. The van der Waals surface area contributed by atoms with Gasteiger partial charge in [0.2, 0.25) is 5.82 Å². The summed E-state index contributed by atoms with van der Waals surface area (Å²) in [5, 5.41) is 6.22. The first-order chi connectivity index (χ1) is 11.2. The first-order valence-electron chi connectivity index (χ1n) is 6.53. The summed E-state index contributed by atoms with van der Waals surface area (Å²) < 4.78 is 22.9. The summed E-state index contributed by atoms with van der Waals surface area (Å²) in [6.45, 7) is -0.119. The molecule has 0 saturated heterocycles. The van der Waals surface area contributed by atoms with Crippen molar-refractivity contribution in [2.45, 2.75) is 6.61 Å². The van der Waals surface area contributed by atoms with E-state index in [1.807, 2.05) is 0 Å². The minimum atomic E-state index is -0.534. The third-order valence-corrected chi connectivity index (χ3v) is 3.46. The number of thiazole rings is 1. The van der Waals surface area contributed by atoms with Gasteiger partial charge in [0.15, 0.2) is 6.61 Å². The first kappa shape index (κ1) is 15.0. The van der Waals surface area contributed by atoms with Crippen LogP contribution in [0.5, 0.6) is 0 Å². The van der Waals surface area contributed by atoms with Crippen molar-refractivity contribution >= 4 is 23.4 Å². The molecule has 2 heterocycles. The summed E-state index contributed by atoms with van der Waals surface area (Å²) in [7, 11) is 0. The van der Waals surface area contributed by atoms with Gasteiger partial charge in [-0.05, 0) is 30.3 Å². The van der Waals surface area contributed by atoms with Crippen LogP contribution < -0.4 is 0 Å². The minimum absolute atomic E-state index is 0.119. The van der Waals surface area contributed by atoms with Crippen molar-refractivity contribution in [2.75, 3.05) is 0 Å². The van der Waals surface area contributed by atoms with Gasteiger partial charge in [0.05, 0.1) is 0 Å². The Kier molecular flexibility index (Phi) is 4.53. The van der Waals surface area contributed by atoms with Gasteiger partial charge in [0.1, 0.15) is 10.8 Å². The van der Waals surface area contributed by atoms with Gasteiger partial charge in [0.25, 0.3) is 5.89 Å². The summed E-state index contributed by atoms with van der Waals surface area (Å²) in [4.78, 5) is 19.7. The van der Waals surface area contributed by atoms with Crippen molar-refractivity contribution in [1.29, 1.82) is 0 Å².